The average molecular weight is 458 g/mol. The van der Waals surface area contributed by atoms with E-state index in [9.17, 15) is 19.2 Å². The summed E-state index contributed by atoms with van der Waals surface area (Å²) in [4.78, 5) is 50.3. The van der Waals surface area contributed by atoms with Crippen LogP contribution < -0.4 is 0 Å². The Morgan fingerprint density at radius 2 is 1.85 bits per heavy atom. The Morgan fingerprint density at radius 1 is 1.09 bits per heavy atom. The highest BCUT2D eigenvalue weighted by Gasteiger charge is 2.72. The molecule has 0 N–H and O–H groups in total. The number of furan rings is 1. The van der Waals surface area contributed by atoms with Gasteiger partial charge in [0.25, 0.3) is 0 Å². The van der Waals surface area contributed by atoms with Crippen LogP contribution in [0.5, 0.6) is 0 Å². The third-order valence-corrected chi connectivity index (χ3v) is 8.00. The fourth-order valence-electron chi connectivity index (χ4n) is 6.82. The minimum Gasteiger partial charge on any atom is -0.472 e. The molecular weight excluding hydrogens is 432 g/mol. The van der Waals surface area contributed by atoms with E-state index < -0.39 is 64.8 Å². The number of carbonyl (C=O) groups is 4. The lowest BCUT2D eigenvalue weighted by molar-refractivity contribution is -0.251. The number of hydrogen-bond donors (Lipinski definition) is 0. The molecular formula is C24H26O9. The standard InChI is InChI=1S/C24H26O9/c1-12(25)31-17-5-4-16-21(27)30-11-24(16)8-6-15-22(28)33-18(14-7-9-29-10-14)20(32-13(2)26)23(15,3)19(17)24/h4-5,7,9-10,15-20H,6,8,11H2,1-3H3. The summed E-state index contributed by atoms with van der Waals surface area (Å²) in [5.74, 6) is -3.45. The number of rotatable bonds is 3. The van der Waals surface area contributed by atoms with Gasteiger partial charge in [-0.2, -0.15) is 0 Å². The van der Waals surface area contributed by atoms with Crippen LogP contribution >= 0.6 is 0 Å². The Kier molecular flexibility index (Phi) is 4.91. The van der Waals surface area contributed by atoms with Crippen molar-refractivity contribution in [2.75, 3.05) is 6.61 Å². The second-order valence-corrected chi connectivity index (χ2v) is 9.66. The van der Waals surface area contributed by atoms with Gasteiger partial charge >= 0.3 is 23.9 Å². The molecule has 5 rings (SSSR count). The van der Waals surface area contributed by atoms with Gasteiger partial charge in [0, 0.05) is 36.2 Å². The maximum Gasteiger partial charge on any atom is 0.313 e. The van der Waals surface area contributed by atoms with Crippen molar-refractivity contribution in [3.63, 3.8) is 0 Å². The maximum atomic E-state index is 13.3. The van der Waals surface area contributed by atoms with Gasteiger partial charge in [0.15, 0.2) is 6.10 Å². The van der Waals surface area contributed by atoms with Crippen LogP contribution in [0.1, 0.15) is 45.3 Å². The van der Waals surface area contributed by atoms with E-state index in [0.717, 1.165) is 0 Å². The first kappa shape index (κ1) is 21.7. The molecule has 8 atom stereocenters. The number of esters is 4. The van der Waals surface area contributed by atoms with Crippen molar-refractivity contribution in [1.29, 1.82) is 0 Å². The third-order valence-electron chi connectivity index (χ3n) is 8.00. The van der Waals surface area contributed by atoms with Crippen LogP contribution in [-0.2, 0) is 38.1 Å². The summed E-state index contributed by atoms with van der Waals surface area (Å²) in [5.41, 5.74) is -1.16. The van der Waals surface area contributed by atoms with Gasteiger partial charge in [-0.25, -0.2) is 0 Å². The van der Waals surface area contributed by atoms with E-state index in [4.69, 9.17) is 23.4 Å². The zero-order chi connectivity index (χ0) is 23.5. The summed E-state index contributed by atoms with van der Waals surface area (Å²) in [5, 5.41) is 0. The van der Waals surface area contributed by atoms with Gasteiger partial charge in [0.2, 0.25) is 0 Å². The molecule has 0 bridgehead atoms. The van der Waals surface area contributed by atoms with Gasteiger partial charge in [-0.15, -0.1) is 0 Å². The summed E-state index contributed by atoms with van der Waals surface area (Å²) < 4.78 is 28.1. The van der Waals surface area contributed by atoms with E-state index in [0.29, 0.717) is 18.4 Å². The predicted molar refractivity (Wildman–Crippen MR) is 109 cm³/mol. The normalized spacial score (nSPS) is 41.2. The quantitative estimate of drug-likeness (QED) is 0.382. The second kappa shape index (κ2) is 7.46. The maximum absolute atomic E-state index is 13.3. The second-order valence-electron chi connectivity index (χ2n) is 9.66. The lowest BCUT2D eigenvalue weighted by Gasteiger charge is -2.62. The SMILES string of the molecule is CC(=O)OC1C=CC2C(=O)OCC23CCC2C(=O)OC(c4ccoc4)C(OC(C)=O)C2(C)C13. The summed E-state index contributed by atoms with van der Waals surface area (Å²) in [6.45, 7) is 4.64. The molecule has 176 valence electrons. The van der Waals surface area contributed by atoms with Crippen molar-refractivity contribution < 1.29 is 42.5 Å². The van der Waals surface area contributed by atoms with Gasteiger partial charge < -0.3 is 23.4 Å². The molecule has 9 nitrogen and oxygen atoms in total. The first-order chi connectivity index (χ1) is 15.7. The monoisotopic (exact) mass is 458 g/mol. The van der Waals surface area contributed by atoms with Crippen LogP contribution in [-0.4, -0.2) is 42.7 Å². The number of fused-ring (bicyclic) bond motifs is 2. The van der Waals surface area contributed by atoms with Crippen LogP contribution in [0.4, 0.5) is 0 Å². The van der Waals surface area contributed by atoms with Gasteiger partial charge in [-0.05, 0) is 25.0 Å². The van der Waals surface area contributed by atoms with Gasteiger partial charge in [0.05, 0.1) is 31.0 Å². The number of cyclic esters (lactones) is 2. The molecule has 33 heavy (non-hydrogen) atoms. The minimum atomic E-state index is -1.02. The first-order valence-corrected chi connectivity index (χ1v) is 11.1. The van der Waals surface area contributed by atoms with E-state index in [1.807, 2.05) is 6.92 Å². The van der Waals surface area contributed by atoms with Crippen LogP contribution in [0.2, 0.25) is 0 Å². The molecule has 0 amide bonds. The van der Waals surface area contributed by atoms with Gasteiger partial charge in [-0.1, -0.05) is 13.0 Å². The Bertz CT molecular complexity index is 1030. The molecule has 3 fully saturated rings. The van der Waals surface area contributed by atoms with Crippen LogP contribution in [0.15, 0.2) is 35.2 Å². The fourth-order valence-corrected chi connectivity index (χ4v) is 6.82. The fraction of sp³-hybridized carbons (Fsp3) is 0.583. The molecule has 2 aliphatic heterocycles. The van der Waals surface area contributed by atoms with E-state index in [2.05, 4.69) is 0 Å². The first-order valence-electron chi connectivity index (χ1n) is 11.1. The minimum absolute atomic E-state index is 0.143. The zero-order valence-corrected chi connectivity index (χ0v) is 18.6. The van der Waals surface area contributed by atoms with Gasteiger partial charge in [-0.3, -0.25) is 19.2 Å². The Labute approximate surface area is 190 Å². The van der Waals surface area contributed by atoms with Crippen molar-refractivity contribution in [2.24, 2.45) is 28.6 Å². The zero-order valence-electron chi connectivity index (χ0n) is 18.6. The van der Waals surface area contributed by atoms with Gasteiger partial charge in [0.1, 0.15) is 12.2 Å². The molecule has 8 unspecified atom stereocenters. The van der Waals surface area contributed by atoms with E-state index >= 15 is 0 Å². The number of hydrogen-bond acceptors (Lipinski definition) is 9. The van der Waals surface area contributed by atoms with Crippen molar-refractivity contribution in [1.82, 2.24) is 0 Å². The summed E-state index contributed by atoms with van der Waals surface area (Å²) in [6.07, 6.45) is 4.77. The highest BCUT2D eigenvalue weighted by Crippen LogP contribution is 2.67. The molecule has 2 saturated heterocycles. The van der Waals surface area contributed by atoms with E-state index in [1.165, 1.54) is 26.4 Å². The molecule has 4 aliphatic rings. The van der Waals surface area contributed by atoms with Crippen molar-refractivity contribution in [3.8, 4) is 0 Å². The molecule has 1 aromatic rings. The van der Waals surface area contributed by atoms with E-state index in [1.54, 1.807) is 18.2 Å². The molecule has 9 heteroatoms. The highest BCUT2D eigenvalue weighted by molar-refractivity contribution is 5.80. The summed E-state index contributed by atoms with van der Waals surface area (Å²) >= 11 is 0. The molecule has 3 heterocycles. The molecule has 1 spiro atoms. The van der Waals surface area contributed by atoms with Crippen molar-refractivity contribution in [2.45, 2.75) is 51.9 Å². The van der Waals surface area contributed by atoms with E-state index in [-0.39, 0.29) is 12.6 Å². The number of carbonyl (C=O) groups excluding carboxylic acids is 4. The van der Waals surface area contributed by atoms with Crippen LogP contribution in [0.25, 0.3) is 0 Å². The topological polar surface area (TPSA) is 118 Å². The smallest absolute Gasteiger partial charge is 0.313 e. The van der Waals surface area contributed by atoms with Crippen molar-refractivity contribution >= 4 is 23.9 Å². The van der Waals surface area contributed by atoms with Crippen molar-refractivity contribution in [3.05, 3.63) is 36.3 Å². The molecule has 1 saturated carbocycles. The summed E-state index contributed by atoms with van der Waals surface area (Å²) in [6, 6.07) is 1.66. The molecule has 0 radical (unpaired) electrons. The Hall–Kier alpha value is -3.10. The third kappa shape index (κ3) is 3.04. The van der Waals surface area contributed by atoms with Crippen LogP contribution in [0.3, 0.4) is 0 Å². The predicted octanol–water partition coefficient (Wildman–Crippen LogP) is 2.50. The largest absolute Gasteiger partial charge is 0.472 e. The number of ether oxygens (including phenoxy) is 4. The highest BCUT2D eigenvalue weighted by atomic mass is 16.6. The molecule has 2 aliphatic carbocycles. The van der Waals surface area contributed by atoms with Crippen LogP contribution in [0, 0.1) is 28.6 Å². The molecule has 1 aromatic heterocycles. The Balaban J connectivity index is 1.70. The lowest BCUT2D eigenvalue weighted by Crippen LogP contribution is -2.67. The average Bonchev–Trinajstić information content (AvgIpc) is 3.38. The Morgan fingerprint density at radius 3 is 2.52 bits per heavy atom. The molecule has 0 aromatic carbocycles. The summed E-state index contributed by atoms with van der Waals surface area (Å²) in [7, 11) is 0. The lowest BCUT2D eigenvalue weighted by atomic mass is 9.43.